The molecule has 1 heterocycles. The molecule has 2 heteroatoms. The minimum absolute atomic E-state index is 0.742. The minimum atomic E-state index is 0.742. The zero-order chi connectivity index (χ0) is 13.9. The van der Waals surface area contributed by atoms with Gasteiger partial charge in [-0.3, -0.25) is 4.98 Å². The molecule has 2 nitrogen and oxygen atoms in total. The number of para-hydroxylation sites is 1. The van der Waals surface area contributed by atoms with Crippen molar-refractivity contribution in [1.29, 1.82) is 0 Å². The second-order valence-corrected chi connectivity index (χ2v) is 6.25. The van der Waals surface area contributed by atoms with Crippen molar-refractivity contribution < 1.29 is 0 Å². The Morgan fingerprint density at radius 3 is 2.80 bits per heavy atom. The lowest BCUT2D eigenvalue weighted by atomic mass is 9.92. The van der Waals surface area contributed by atoms with E-state index in [2.05, 4.69) is 43.4 Å². The highest BCUT2D eigenvalue weighted by Crippen LogP contribution is 2.33. The van der Waals surface area contributed by atoms with Gasteiger partial charge in [0.25, 0.3) is 0 Å². The first-order valence-electron chi connectivity index (χ1n) is 7.90. The molecule has 2 aromatic rings. The van der Waals surface area contributed by atoms with E-state index in [1.165, 1.54) is 48.0 Å². The van der Waals surface area contributed by atoms with Crippen LogP contribution in [-0.2, 0) is 12.8 Å². The predicted octanol–water partition coefficient (Wildman–Crippen LogP) is 4.57. The highest BCUT2D eigenvalue weighted by atomic mass is 14.9. The van der Waals surface area contributed by atoms with Crippen LogP contribution in [0.3, 0.4) is 0 Å². The minimum Gasteiger partial charge on any atom is -0.384 e. The third kappa shape index (κ3) is 2.65. The lowest BCUT2D eigenvalue weighted by Gasteiger charge is -2.22. The van der Waals surface area contributed by atoms with Gasteiger partial charge in [-0.15, -0.1) is 0 Å². The molecule has 1 aromatic carbocycles. The fraction of sp³-hybridized carbons (Fsp3) is 0.500. The summed E-state index contributed by atoms with van der Waals surface area (Å²) < 4.78 is 0. The van der Waals surface area contributed by atoms with Crippen molar-refractivity contribution in [1.82, 2.24) is 4.98 Å². The Balaban J connectivity index is 2.01. The molecular weight excluding hydrogens is 244 g/mol. The Morgan fingerprint density at radius 2 is 1.95 bits per heavy atom. The topological polar surface area (TPSA) is 24.9 Å². The Hall–Kier alpha value is -1.57. The molecule has 1 aromatic heterocycles. The van der Waals surface area contributed by atoms with Gasteiger partial charge in [0.2, 0.25) is 0 Å². The molecule has 1 aliphatic carbocycles. The van der Waals surface area contributed by atoms with Crippen LogP contribution in [-0.4, -0.2) is 11.5 Å². The number of fused-ring (bicyclic) bond motifs is 2. The van der Waals surface area contributed by atoms with Crippen molar-refractivity contribution in [3.63, 3.8) is 0 Å². The summed E-state index contributed by atoms with van der Waals surface area (Å²) in [7, 11) is 0. The maximum absolute atomic E-state index is 4.88. The quantitative estimate of drug-likeness (QED) is 0.878. The highest BCUT2D eigenvalue weighted by molar-refractivity contribution is 5.93. The Kier molecular flexibility index (Phi) is 3.90. The molecule has 20 heavy (non-hydrogen) atoms. The third-order valence-corrected chi connectivity index (χ3v) is 4.19. The van der Waals surface area contributed by atoms with Crippen LogP contribution in [0.5, 0.6) is 0 Å². The van der Waals surface area contributed by atoms with E-state index in [1.54, 1.807) is 0 Å². The number of nitrogens with one attached hydrogen (secondary N) is 1. The number of anilines is 1. The first-order chi connectivity index (χ1) is 9.75. The fourth-order valence-corrected chi connectivity index (χ4v) is 3.06. The van der Waals surface area contributed by atoms with Crippen molar-refractivity contribution in [3.8, 4) is 0 Å². The SMILES string of the molecule is CC(C)CCNc1c2c(nc3ccccc13)CCCC2. The summed E-state index contributed by atoms with van der Waals surface area (Å²) in [5.74, 6) is 0.742. The van der Waals surface area contributed by atoms with E-state index in [0.29, 0.717) is 0 Å². The van der Waals surface area contributed by atoms with Gasteiger partial charge in [0.05, 0.1) is 5.52 Å². The van der Waals surface area contributed by atoms with Gasteiger partial charge in [-0.05, 0) is 49.7 Å². The van der Waals surface area contributed by atoms with E-state index in [0.717, 1.165) is 24.4 Å². The molecule has 3 rings (SSSR count). The number of nitrogens with zero attached hydrogens (tertiary/aromatic N) is 1. The van der Waals surface area contributed by atoms with Gasteiger partial charge in [-0.2, -0.15) is 0 Å². The van der Waals surface area contributed by atoms with Crippen LogP contribution in [0.25, 0.3) is 10.9 Å². The Labute approximate surface area is 121 Å². The van der Waals surface area contributed by atoms with E-state index in [-0.39, 0.29) is 0 Å². The average molecular weight is 268 g/mol. The van der Waals surface area contributed by atoms with E-state index < -0.39 is 0 Å². The maximum Gasteiger partial charge on any atom is 0.0726 e. The molecule has 0 saturated heterocycles. The van der Waals surface area contributed by atoms with Crippen LogP contribution in [0, 0.1) is 5.92 Å². The molecule has 0 amide bonds. The van der Waals surface area contributed by atoms with E-state index >= 15 is 0 Å². The number of hydrogen-bond donors (Lipinski definition) is 1. The maximum atomic E-state index is 4.88. The summed E-state index contributed by atoms with van der Waals surface area (Å²) in [4.78, 5) is 4.88. The average Bonchev–Trinajstić information content (AvgIpc) is 2.46. The number of aryl methyl sites for hydroxylation is 1. The van der Waals surface area contributed by atoms with Gasteiger partial charge in [0, 0.05) is 23.3 Å². The van der Waals surface area contributed by atoms with Gasteiger partial charge in [0.1, 0.15) is 0 Å². The van der Waals surface area contributed by atoms with Crippen LogP contribution in [0.2, 0.25) is 0 Å². The van der Waals surface area contributed by atoms with Crippen LogP contribution >= 0.6 is 0 Å². The molecule has 106 valence electrons. The van der Waals surface area contributed by atoms with Crippen molar-refractivity contribution in [2.24, 2.45) is 5.92 Å². The van der Waals surface area contributed by atoms with Crippen LogP contribution in [0.1, 0.15) is 44.4 Å². The molecule has 0 saturated carbocycles. The van der Waals surface area contributed by atoms with Crippen molar-refractivity contribution >= 4 is 16.6 Å². The van der Waals surface area contributed by atoms with Crippen LogP contribution < -0.4 is 5.32 Å². The molecule has 0 bridgehead atoms. The van der Waals surface area contributed by atoms with Crippen LogP contribution in [0.4, 0.5) is 5.69 Å². The fourth-order valence-electron chi connectivity index (χ4n) is 3.06. The second-order valence-electron chi connectivity index (χ2n) is 6.25. The summed E-state index contributed by atoms with van der Waals surface area (Å²) in [6, 6.07) is 8.54. The van der Waals surface area contributed by atoms with Gasteiger partial charge < -0.3 is 5.32 Å². The highest BCUT2D eigenvalue weighted by Gasteiger charge is 2.17. The Morgan fingerprint density at radius 1 is 1.15 bits per heavy atom. The van der Waals surface area contributed by atoms with Gasteiger partial charge in [-0.25, -0.2) is 0 Å². The summed E-state index contributed by atoms with van der Waals surface area (Å²) in [6.45, 7) is 5.61. The molecule has 0 atom stereocenters. The third-order valence-electron chi connectivity index (χ3n) is 4.19. The zero-order valence-corrected chi connectivity index (χ0v) is 12.6. The molecule has 0 fully saturated rings. The molecule has 0 radical (unpaired) electrons. The number of rotatable bonds is 4. The summed E-state index contributed by atoms with van der Waals surface area (Å²) in [5, 5.41) is 5.00. The standard InChI is InChI=1S/C18H24N2/c1-13(2)11-12-19-18-14-7-3-5-9-16(14)20-17-10-6-4-8-15(17)18/h3,5,7,9,13H,4,6,8,10-12H2,1-2H3,(H,19,20). The van der Waals surface area contributed by atoms with Gasteiger partial charge >= 0.3 is 0 Å². The van der Waals surface area contributed by atoms with Crippen LogP contribution in [0.15, 0.2) is 24.3 Å². The smallest absolute Gasteiger partial charge is 0.0726 e. The number of aromatic nitrogens is 1. The lowest BCUT2D eigenvalue weighted by Crippen LogP contribution is -2.13. The molecule has 0 unspecified atom stereocenters. The molecule has 1 aliphatic rings. The monoisotopic (exact) mass is 268 g/mol. The van der Waals surface area contributed by atoms with Crippen molar-refractivity contribution in [2.75, 3.05) is 11.9 Å². The molecule has 1 N–H and O–H groups in total. The van der Waals surface area contributed by atoms with E-state index in [4.69, 9.17) is 4.98 Å². The summed E-state index contributed by atoms with van der Waals surface area (Å²) in [6.07, 6.45) is 6.11. The van der Waals surface area contributed by atoms with Crippen molar-refractivity contribution in [2.45, 2.75) is 46.0 Å². The number of benzene rings is 1. The predicted molar refractivity (Wildman–Crippen MR) is 86.3 cm³/mol. The molecule has 0 aliphatic heterocycles. The molecular formula is C18H24N2. The van der Waals surface area contributed by atoms with E-state index in [9.17, 15) is 0 Å². The molecule has 0 spiro atoms. The largest absolute Gasteiger partial charge is 0.384 e. The number of pyridine rings is 1. The van der Waals surface area contributed by atoms with Gasteiger partial charge in [0.15, 0.2) is 0 Å². The summed E-state index contributed by atoms with van der Waals surface area (Å²) in [5.41, 5.74) is 5.28. The first kappa shape index (κ1) is 13.4. The van der Waals surface area contributed by atoms with Crippen molar-refractivity contribution in [3.05, 3.63) is 35.5 Å². The lowest BCUT2D eigenvalue weighted by molar-refractivity contribution is 0.606. The zero-order valence-electron chi connectivity index (χ0n) is 12.6. The first-order valence-corrected chi connectivity index (χ1v) is 7.90. The van der Waals surface area contributed by atoms with E-state index in [1.807, 2.05) is 0 Å². The second kappa shape index (κ2) is 5.82. The summed E-state index contributed by atoms with van der Waals surface area (Å²) >= 11 is 0. The van der Waals surface area contributed by atoms with Gasteiger partial charge in [-0.1, -0.05) is 32.0 Å². The Bertz CT molecular complexity index is 602. The normalized spacial score (nSPS) is 14.6. The number of hydrogen-bond acceptors (Lipinski definition) is 2.